The van der Waals surface area contributed by atoms with Crippen molar-refractivity contribution >= 4 is 0 Å². The fraction of sp³-hybridized carbons (Fsp3) is 0.357. The van der Waals surface area contributed by atoms with E-state index in [9.17, 15) is 0 Å². The van der Waals surface area contributed by atoms with Gasteiger partial charge < -0.3 is 9.88 Å². The van der Waals surface area contributed by atoms with Crippen LogP contribution in [0.4, 0.5) is 0 Å². The van der Waals surface area contributed by atoms with Gasteiger partial charge in [-0.05, 0) is 29.7 Å². The number of hydrogen-bond acceptors (Lipinski definition) is 2. The molecule has 0 spiro atoms. The van der Waals surface area contributed by atoms with Crippen molar-refractivity contribution in [3.8, 4) is 0 Å². The summed E-state index contributed by atoms with van der Waals surface area (Å²) in [5.41, 5.74) is 4.38. The molecular weight excluding hydrogens is 210 g/mol. The molecule has 0 amide bonds. The predicted molar refractivity (Wildman–Crippen MR) is 67.9 cm³/mol. The molecular formula is C14H17N3. The quantitative estimate of drug-likeness (QED) is 0.845. The number of hydrogen-bond donors (Lipinski definition) is 1. The van der Waals surface area contributed by atoms with Gasteiger partial charge in [-0.15, -0.1) is 0 Å². The summed E-state index contributed by atoms with van der Waals surface area (Å²) in [6.45, 7) is 2.09. The zero-order valence-electron chi connectivity index (χ0n) is 10.1. The number of rotatable bonds is 2. The first kappa shape index (κ1) is 10.5. The van der Waals surface area contributed by atoms with Gasteiger partial charge in [-0.1, -0.05) is 18.2 Å². The molecule has 2 heterocycles. The summed E-state index contributed by atoms with van der Waals surface area (Å²) in [5.74, 6) is 1.13. The maximum Gasteiger partial charge on any atom is 0.112 e. The lowest BCUT2D eigenvalue weighted by Gasteiger charge is -2.20. The van der Waals surface area contributed by atoms with E-state index in [1.807, 2.05) is 12.4 Å². The van der Waals surface area contributed by atoms with Crippen molar-refractivity contribution in [3.63, 3.8) is 0 Å². The van der Waals surface area contributed by atoms with Crippen LogP contribution in [-0.2, 0) is 26.4 Å². The van der Waals surface area contributed by atoms with E-state index in [0.717, 1.165) is 31.8 Å². The largest absolute Gasteiger partial charge is 0.338 e. The van der Waals surface area contributed by atoms with Crippen molar-refractivity contribution in [2.45, 2.75) is 19.4 Å². The summed E-state index contributed by atoms with van der Waals surface area (Å²) < 4.78 is 2.09. The Morgan fingerprint density at radius 1 is 1.41 bits per heavy atom. The second kappa shape index (κ2) is 4.34. The van der Waals surface area contributed by atoms with Gasteiger partial charge in [-0.3, -0.25) is 0 Å². The molecule has 2 aromatic rings. The third-order valence-corrected chi connectivity index (χ3v) is 3.51. The molecule has 3 heteroatoms. The second-order valence-electron chi connectivity index (χ2n) is 4.61. The lowest BCUT2D eigenvalue weighted by atomic mass is 9.94. The summed E-state index contributed by atoms with van der Waals surface area (Å²) in [4.78, 5) is 4.40. The minimum atomic E-state index is 0.925. The van der Waals surface area contributed by atoms with Crippen LogP contribution in [0.2, 0.25) is 0 Å². The highest BCUT2D eigenvalue weighted by molar-refractivity contribution is 5.38. The molecule has 1 aliphatic heterocycles. The van der Waals surface area contributed by atoms with Crippen molar-refractivity contribution in [3.05, 3.63) is 53.1 Å². The fourth-order valence-electron chi connectivity index (χ4n) is 2.49. The highest BCUT2D eigenvalue weighted by atomic mass is 15.0. The first-order valence-corrected chi connectivity index (χ1v) is 6.11. The predicted octanol–water partition coefficient (Wildman–Crippen LogP) is 1.66. The van der Waals surface area contributed by atoms with Crippen LogP contribution in [-0.4, -0.2) is 16.1 Å². The zero-order valence-corrected chi connectivity index (χ0v) is 10.1. The Morgan fingerprint density at radius 3 is 3.18 bits per heavy atom. The number of aryl methyl sites for hydroxylation is 1. The van der Waals surface area contributed by atoms with Gasteiger partial charge in [-0.2, -0.15) is 0 Å². The van der Waals surface area contributed by atoms with Crippen molar-refractivity contribution in [2.24, 2.45) is 7.05 Å². The van der Waals surface area contributed by atoms with Gasteiger partial charge in [0, 0.05) is 32.4 Å². The molecule has 1 aromatic carbocycles. The van der Waals surface area contributed by atoms with Crippen LogP contribution < -0.4 is 5.32 Å². The molecule has 0 atom stereocenters. The number of nitrogens with one attached hydrogen (secondary N) is 1. The van der Waals surface area contributed by atoms with Gasteiger partial charge in [0.1, 0.15) is 5.82 Å². The smallest absolute Gasteiger partial charge is 0.112 e. The fourth-order valence-corrected chi connectivity index (χ4v) is 2.49. The Morgan fingerprint density at radius 2 is 2.35 bits per heavy atom. The summed E-state index contributed by atoms with van der Waals surface area (Å²) in [7, 11) is 2.05. The normalized spacial score (nSPS) is 14.6. The number of imidazole rings is 1. The van der Waals surface area contributed by atoms with Crippen LogP contribution in [0.1, 0.15) is 22.5 Å². The lowest BCUT2D eigenvalue weighted by Crippen LogP contribution is -2.25. The average molecular weight is 227 g/mol. The molecule has 0 bridgehead atoms. The van der Waals surface area contributed by atoms with Crippen LogP contribution >= 0.6 is 0 Å². The molecule has 3 rings (SSSR count). The minimum absolute atomic E-state index is 0.925. The summed E-state index contributed by atoms with van der Waals surface area (Å²) in [6.07, 6.45) is 5.93. The molecule has 0 fully saturated rings. The van der Waals surface area contributed by atoms with Gasteiger partial charge in [-0.25, -0.2) is 4.98 Å². The number of benzene rings is 1. The van der Waals surface area contributed by atoms with Gasteiger partial charge in [0.2, 0.25) is 0 Å². The molecule has 17 heavy (non-hydrogen) atoms. The Labute approximate surface area is 101 Å². The Kier molecular flexibility index (Phi) is 2.69. The van der Waals surface area contributed by atoms with Crippen LogP contribution in [0.15, 0.2) is 30.6 Å². The first-order valence-electron chi connectivity index (χ1n) is 6.11. The topological polar surface area (TPSA) is 29.9 Å². The zero-order chi connectivity index (χ0) is 11.7. The third kappa shape index (κ3) is 1.98. The van der Waals surface area contributed by atoms with Gasteiger partial charge in [0.25, 0.3) is 0 Å². The van der Waals surface area contributed by atoms with Crippen molar-refractivity contribution < 1.29 is 0 Å². The summed E-state index contributed by atoms with van der Waals surface area (Å²) >= 11 is 0. The first-order chi connectivity index (χ1) is 8.34. The number of fused-ring (bicyclic) bond motifs is 1. The molecule has 0 saturated carbocycles. The van der Waals surface area contributed by atoms with Crippen LogP contribution in [0.3, 0.4) is 0 Å². The summed E-state index contributed by atoms with van der Waals surface area (Å²) in [6, 6.07) is 6.64. The van der Waals surface area contributed by atoms with Crippen molar-refractivity contribution in [2.75, 3.05) is 6.54 Å². The molecule has 0 radical (unpaired) electrons. The van der Waals surface area contributed by atoms with E-state index in [1.54, 1.807) is 0 Å². The monoisotopic (exact) mass is 227 g/mol. The van der Waals surface area contributed by atoms with E-state index in [4.69, 9.17) is 0 Å². The Hall–Kier alpha value is -1.61. The van der Waals surface area contributed by atoms with Gasteiger partial charge >= 0.3 is 0 Å². The maximum absolute atomic E-state index is 4.40. The van der Waals surface area contributed by atoms with Crippen LogP contribution in [0, 0.1) is 0 Å². The van der Waals surface area contributed by atoms with Gasteiger partial charge in [0.05, 0.1) is 0 Å². The maximum atomic E-state index is 4.40. The average Bonchev–Trinajstić information content (AvgIpc) is 2.76. The van der Waals surface area contributed by atoms with E-state index in [2.05, 4.69) is 40.1 Å². The SMILES string of the molecule is Cn1ccnc1Cc1cccc2c1CNCC2. The highest BCUT2D eigenvalue weighted by Gasteiger charge is 2.13. The number of nitrogens with zero attached hydrogens (tertiary/aromatic N) is 2. The molecule has 0 saturated heterocycles. The van der Waals surface area contributed by atoms with E-state index in [1.165, 1.54) is 16.7 Å². The van der Waals surface area contributed by atoms with Crippen molar-refractivity contribution in [1.82, 2.24) is 14.9 Å². The molecule has 88 valence electrons. The van der Waals surface area contributed by atoms with E-state index in [-0.39, 0.29) is 0 Å². The van der Waals surface area contributed by atoms with Crippen LogP contribution in [0.5, 0.6) is 0 Å². The Balaban J connectivity index is 1.95. The van der Waals surface area contributed by atoms with E-state index < -0.39 is 0 Å². The number of aromatic nitrogens is 2. The summed E-state index contributed by atoms with van der Waals surface area (Å²) in [5, 5.41) is 3.45. The van der Waals surface area contributed by atoms with Gasteiger partial charge in [0.15, 0.2) is 0 Å². The molecule has 1 N–H and O–H groups in total. The minimum Gasteiger partial charge on any atom is -0.338 e. The Bertz CT molecular complexity index is 528. The molecule has 3 nitrogen and oxygen atoms in total. The third-order valence-electron chi connectivity index (χ3n) is 3.51. The van der Waals surface area contributed by atoms with E-state index >= 15 is 0 Å². The molecule has 0 unspecified atom stereocenters. The molecule has 0 aliphatic carbocycles. The molecule has 1 aromatic heterocycles. The lowest BCUT2D eigenvalue weighted by molar-refractivity contribution is 0.637. The standard InChI is InChI=1S/C14H17N3/c1-17-8-7-16-14(17)9-12-4-2-3-11-5-6-15-10-13(11)12/h2-4,7-8,15H,5-6,9-10H2,1H3. The molecule has 1 aliphatic rings. The van der Waals surface area contributed by atoms with E-state index in [0.29, 0.717) is 0 Å². The van der Waals surface area contributed by atoms with Crippen molar-refractivity contribution in [1.29, 1.82) is 0 Å². The van der Waals surface area contributed by atoms with Crippen LogP contribution in [0.25, 0.3) is 0 Å². The second-order valence-corrected chi connectivity index (χ2v) is 4.61. The highest BCUT2D eigenvalue weighted by Crippen LogP contribution is 2.20.